The van der Waals surface area contributed by atoms with Crippen LogP contribution in [-0.4, -0.2) is 37.1 Å². The Bertz CT molecular complexity index is 177. The van der Waals surface area contributed by atoms with Crippen molar-refractivity contribution in [3.63, 3.8) is 0 Å². The highest BCUT2D eigenvalue weighted by Crippen LogP contribution is 2.30. The van der Waals surface area contributed by atoms with Gasteiger partial charge in [0.1, 0.15) is 0 Å². The molecule has 14 heavy (non-hydrogen) atoms. The zero-order valence-electron chi connectivity index (χ0n) is 9.63. The highest BCUT2D eigenvalue weighted by atomic mass is 15.2. The van der Waals surface area contributed by atoms with Crippen LogP contribution in [0.3, 0.4) is 0 Å². The highest BCUT2D eigenvalue weighted by molar-refractivity contribution is 4.87. The van der Waals surface area contributed by atoms with Gasteiger partial charge in [-0.3, -0.25) is 0 Å². The molecule has 82 valence electrons. The fourth-order valence-corrected chi connectivity index (χ4v) is 2.89. The Kier molecular flexibility index (Phi) is 3.45. The molecule has 0 aromatic rings. The summed E-state index contributed by atoms with van der Waals surface area (Å²) in [7, 11) is 4.45. The number of hydrogen-bond acceptors (Lipinski definition) is 2. The van der Waals surface area contributed by atoms with Gasteiger partial charge in [0.15, 0.2) is 0 Å². The van der Waals surface area contributed by atoms with Gasteiger partial charge in [0.25, 0.3) is 0 Å². The predicted molar refractivity (Wildman–Crippen MR) is 60.5 cm³/mol. The average Bonchev–Trinajstić information content (AvgIpc) is 2.15. The molecule has 0 spiro atoms. The predicted octanol–water partition coefficient (Wildman–Crippen LogP) is 2.00. The molecule has 2 heteroatoms. The normalized spacial score (nSPS) is 34.5. The Morgan fingerprint density at radius 3 is 2.21 bits per heavy atom. The van der Waals surface area contributed by atoms with E-state index in [1.54, 1.807) is 0 Å². The smallest absolute Gasteiger partial charge is 0.0110 e. The van der Waals surface area contributed by atoms with E-state index in [1.807, 2.05) is 0 Å². The minimum Gasteiger partial charge on any atom is -0.317 e. The Balaban J connectivity index is 1.83. The van der Waals surface area contributed by atoms with Crippen LogP contribution >= 0.6 is 0 Å². The van der Waals surface area contributed by atoms with Crippen molar-refractivity contribution in [3.05, 3.63) is 0 Å². The van der Waals surface area contributed by atoms with Gasteiger partial charge in [-0.2, -0.15) is 0 Å². The summed E-state index contributed by atoms with van der Waals surface area (Å²) < 4.78 is 0. The van der Waals surface area contributed by atoms with E-state index < -0.39 is 0 Å². The summed E-state index contributed by atoms with van der Waals surface area (Å²) in [5.74, 6) is 0. The van der Waals surface area contributed by atoms with Gasteiger partial charge in [0, 0.05) is 18.1 Å². The van der Waals surface area contributed by atoms with Crippen LogP contribution in [0.2, 0.25) is 0 Å². The highest BCUT2D eigenvalue weighted by Gasteiger charge is 2.30. The molecular weight excluding hydrogens is 172 g/mol. The lowest BCUT2D eigenvalue weighted by Crippen LogP contribution is -2.48. The van der Waals surface area contributed by atoms with Gasteiger partial charge in [-0.25, -0.2) is 0 Å². The second kappa shape index (κ2) is 4.63. The summed E-state index contributed by atoms with van der Waals surface area (Å²) in [6, 6.07) is 2.54. The number of hydrogen-bond donors (Lipinski definition) is 1. The molecule has 2 aliphatic carbocycles. The second-order valence-corrected chi connectivity index (χ2v) is 5.06. The van der Waals surface area contributed by atoms with E-state index in [0.29, 0.717) is 0 Å². The summed E-state index contributed by atoms with van der Waals surface area (Å²) in [5.41, 5.74) is 0. The summed E-state index contributed by atoms with van der Waals surface area (Å²) in [5, 5.41) is 3.44. The van der Waals surface area contributed by atoms with Crippen LogP contribution in [0, 0.1) is 0 Å². The molecule has 2 unspecified atom stereocenters. The molecule has 0 aromatic heterocycles. The lowest BCUT2D eigenvalue weighted by Gasteiger charge is -2.43. The largest absolute Gasteiger partial charge is 0.317 e. The van der Waals surface area contributed by atoms with E-state index in [0.717, 1.165) is 18.1 Å². The topological polar surface area (TPSA) is 15.3 Å². The third kappa shape index (κ3) is 2.12. The van der Waals surface area contributed by atoms with E-state index >= 15 is 0 Å². The van der Waals surface area contributed by atoms with Gasteiger partial charge in [-0.05, 0) is 46.2 Å². The number of nitrogens with zero attached hydrogens (tertiary/aromatic N) is 1. The fraction of sp³-hybridized carbons (Fsp3) is 1.00. The Morgan fingerprint density at radius 2 is 1.64 bits per heavy atom. The summed E-state index contributed by atoms with van der Waals surface area (Å²) in [6.07, 6.45) is 9.92. The maximum atomic E-state index is 3.44. The van der Waals surface area contributed by atoms with Crippen LogP contribution in [0.5, 0.6) is 0 Å². The minimum absolute atomic E-state index is 0.774. The van der Waals surface area contributed by atoms with Gasteiger partial charge in [0.2, 0.25) is 0 Å². The summed E-state index contributed by atoms with van der Waals surface area (Å²) in [6.45, 7) is 0. The van der Waals surface area contributed by atoms with Gasteiger partial charge in [-0.15, -0.1) is 0 Å². The molecule has 0 aromatic carbocycles. The third-order valence-corrected chi connectivity index (χ3v) is 4.28. The Hall–Kier alpha value is -0.0800. The van der Waals surface area contributed by atoms with Crippen molar-refractivity contribution in [3.8, 4) is 0 Å². The van der Waals surface area contributed by atoms with Gasteiger partial charge < -0.3 is 10.2 Å². The first kappa shape index (κ1) is 10.4. The van der Waals surface area contributed by atoms with Crippen LogP contribution in [-0.2, 0) is 0 Å². The maximum absolute atomic E-state index is 3.44. The first-order valence-corrected chi connectivity index (χ1v) is 6.20. The van der Waals surface area contributed by atoms with E-state index in [2.05, 4.69) is 24.3 Å². The molecular formula is C12H24N2. The fourth-order valence-electron chi connectivity index (χ4n) is 2.89. The zero-order chi connectivity index (χ0) is 9.97. The summed E-state index contributed by atoms with van der Waals surface area (Å²) >= 11 is 0. The first-order chi connectivity index (χ1) is 6.81. The first-order valence-electron chi connectivity index (χ1n) is 6.20. The number of nitrogens with one attached hydrogen (secondary N) is 1. The zero-order valence-corrected chi connectivity index (χ0v) is 9.63. The third-order valence-electron chi connectivity index (χ3n) is 4.28. The standard InChI is InChI=1S/C12H24N2/c1-13-10-5-3-8-12(9-10)14(2)11-6-4-7-11/h10-13H,3-9H2,1-2H3. The molecule has 2 fully saturated rings. The van der Waals surface area contributed by atoms with Crippen molar-refractivity contribution in [1.82, 2.24) is 10.2 Å². The maximum Gasteiger partial charge on any atom is 0.0110 e. The van der Waals surface area contributed by atoms with Crippen molar-refractivity contribution < 1.29 is 0 Å². The monoisotopic (exact) mass is 196 g/mol. The van der Waals surface area contributed by atoms with Crippen LogP contribution in [0.15, 0.2) is 0 Å². The van der Waals surface area contributed by atoms with Crippen molar-refractivity contribution in [2.45, 2.75) is 63.1 Å². The molecule has 2 saturated carbocycles. The molecule has 2 nitrogen and oxygen atoms in total. The lowest BCUT2D eigenvalue weighted by atomic mass is 9.85. The SMILES string of the molecule is CNC1CCCC(N(C)C2CCC2)C1. The lowest BCUT2D eigenvalue weighted by molar-refractivity contribution is 0.0799. The van der Waals surface area contributed by atoms with Crippen molar-refractivity contribution in [2.24, 2.45) is 0 Å². The molecule has 0 radical (unpaired) electrons. The van der Waals surface area contributed by atoms with Crippen LogP contribution in [0.1, 0.15) is 44.9 Å². The van der Waals surface area contributed by atoms with Crippen molar-refractivity contribution >= 4 is 0 Å². The van der Waals surface area contributed by atoms with E-state index in [-0.39, 0.29) is 0 Å². The average molecular weight is 196 g/mol. The molecule has 0 amide bonds. The van der Waals surface area contributed by atoms with E-state index in [1.165, 1.54) is 44.9 Å². The quantitative estimate of drug-likeness (QED) is 0.743. The molecule has 1 N–H and O–H groups in total. The van der Waals surface area contributed by atoms with E-state index in [4.69, 9.17) is 0 Å². The molecule has 2 rings (SSSR count). The second-order valence-electron chi connectivity index (χ2n) is 5.06. The Labute approximate surface area is 88.1 Å². The van der Waals surface area contributed by atoms with Crippen molar-refractivity contribution in [2.75, 3.05) is 14.1 Å². The van der Waals surface area contributed by atoms with E-state index in [9.17, 15) is 0 Å². The molecule has 0 heterocycles. The number of rotatable bonds is 3. The molecule has 0 aliphatic heterocycles. The van der Waals surface area contributed by atoms with Crippen LogP contribution in [0.25, 0.3) is 0 Å². The molecule has 2 aliphatic rings. The summed E-state index contributed by atoms with van der Waals surface area (Å²) in [4.78, 5) is 2.66. The van der Waals surface area contributed by atoms with Crippen LogP contribution in [0.4, 0.5) is 0 Å². The van der Waals surface area contributed by atoms with Gasteiger partial charge in [-0.1, -0.05) is 12.8 Å². The van der Waals surface area contributed by atoms with Gasteiger partial charge in [0.05, 0.1) is 0 Å². The molecule has 2 atom stereocenters. The van der Waals surface area contributed by atoms with Crippen LogP contribution < -0.4 is 5.32 Å². The molecule has 0 saturated heterocycles. The van der Waals surface area contributed by atoms with Gasteiger partial charge >= 0.3 is 0 Å². The minimum atomic E-state index is 0.774. The Morgan fingerprint density at radius 1 is 1.00 bits per heavy atom. The van der Waals surface area contributed by atoms with Crippen molar-refractivity contribution in [1.29, 1.82) is 0 Å². The molecule has 0 bridgehead atoms.